The third-order valence-corrected chi connectivity index (χ3v) is 4.43. The molecule has 7 nitrogen and oxygen atoms in total. The third-order valence-electron chi connectivity index (χ3n) is 3.05. The van der Waals surface area contributed by atoms with E-state index in [1.54, 1.807) is 12.3 Å². The molecule has 0 saturated heterocycles. The Bertz CT molecular complexity index is 879. The summed E-state index contributed by atoms with van der Waals surface area (Å²) in [6.45, 7) is 3.75. The lowest BCUT2D eigenvalue weighted by atomic mass is 10.3. The number of anilines is 1. The first-order chi connectivity index (χ1) is 9.97. The van der Waals surface area contributed by atoms with Crippen molar-refractivity contribution in [2.75, 3.05) is 4.72 Å². The van der Waals surface area contributed by atoms with Crippen molar-refractivity contribution in [2.45, 2.75) is 24.9 Å². The van der Waals surface area contributed by atoms with Crippen LogP contribution in [0, 0.1) is 0 Å². The van der Waals surface area contributed by atoms with Crippen LogP contribution in [0.5, 0.6) is 0 Å². The topological polar surface area (TPSA) is 92.7 Å². The van der Waals surface area contributed by atoms with Gasteiger partial charge in [-0.2, -0.15) is 13.5 Å². The molecule has 0 aliphatic carbocycles. The molecule has 0 atom stereocenters. The molecule has 0 amide bonds. The summed E-state index contributed by atoms with van der Waals surface area (Å²) in [5, 5.41) is 5.01. The van der Waals surface area contributed by atoms with E-state index in [0.717, 1.165) is 5.39 Å². The van der Waals surface area contributed by atoms with Crippen molar-refractivity contribution in [1.82, 2.24) is 19.7 Å². The van der Waals surface area contributed by atoms with Crippen molar-refractivity contribution in [3.63, 3.8) is 0 Å². The highest BCUT2D eigenvalue weighted by Gasteiger charge is 2.21. The number of sulfonamides is 1. The van der Waals surface area contributed by atoms with Crippen LogP contribution in [0.3, 0.4) is 0 Å². The van der Waals surface area contributed by atoms with E-state index >= 15 is 0 Å². The number of nitrogens with zero attached hydrogens (tertiary/aromatic N) is 3. The molecule has 0 fully saturated rings. The maximum atomic E-state index is 12.5. The Hall–Kier alpha value is -2.35. The average Bonchev–Trinajstić information content (AvgIpc) is 3.06. The Labute approximate surface area is 122 Å². The van der Waals surface area contributed by atoms with E-state index in [4.69, 9.17) is 0 Å². The highest BCUT2D eigenvalue weighted by Crippen LogP contribution is 2.20. The van der Waals surface area contributed by atoms with Crippen molar-refractivity contribution in [1.29, 1.82) is 0 Å². The van der Waals surface area contributed by atoms with Crippen LogP contribution in [0.25, 0.3) is 11.0 Å². The molecule has 0 spiro atoms. The molecule has 0 aliphatic rings. The van der Waals surface area contributed by atoms with Gasteiger partial charge < -0.3 is 4.98 Å². The number of H-pyrrole nitrogens is 1. The van der Waals surface area contributed by atoms with Gasteiger partial charge in [-0.3, -0.25) is 4.72 Å². The minimum absolute atomic E-state index is 0.0446. The summed E-state index contributed by atoms with van der Waals surface area (Å²) < 4.78 is 28.9. The Morgan fingerprint density at radius 2 is 2.14 bits per heavy atom. The Balaban J connectivity index is 1.97. The first kappa shape index (κ1) is 13.6. The SMILES string of the molecule is CC(C)n1nccc1S(=O)(=O)Nc1cnc2[nH]ccc2c1. The maximum absolute atomic E-state index is 12.5. The van der Waals surface area contributed by atoms with Crippen LogP contribution in [0.15, 0.2) is 41.8 Å². The van der Waals surface area contributed by atoms with Crippen LogP contribution >= 0.6 is 0 Å². The quantitative estimate of drug-likeness (QED) is 0.772. The number of pyridine rings is 1. The van der Waals surface area contributed by atoms with Crippen LogP contribution < -0.4 is 4.72 Å². The van der Waals surface area contributed by atoms with Gasteiger partial charge in [0.25, 0.3) is 10.0 Å². The van der Waals surface area contributed by atoms with Crippen molar-refractivity contribution < 1.29 is 8.42 Å². The zero-order chi connectivity index (χ0) is 15.0. The fourth-order valence-corrected chi connectivity index (χ4v) is 3.38. The van der Waals surface area contributed by atoms with Gasteiger partial charge in [0.2, 0.25) is 0 Å². The molecule has 0 saturated carbocycles. The van der Waals surface area contributed by atoms with Crippen LogP contribution in [0.1, 0.15) is 19.9 Å². The number of hydrogen-bond donors (Lipinski definition) is 2. The van der Waals surface area contributed by atoms with Gasteiger partial charge in [0.1, 0.15) is 5.65 Å². The van der Waals surface area contributed by atoms with E-state index in [2.05, 4.69) is 19.8 Å². The number of nitrogens with one attached hydrogen (secondary N) is 2. The summed E-state index contributed by atoms with van der Waals surface area (Å²) in [6, 6.07) is 4.99. The summed E-state index contributed by atoms with van der Waals surface area (Å²) in [5.74, 6) is 0. The van der Waals surface area contributed by atoms with Gasteiger partial charge in [0.15, 0.2) is 5.03 Å². The van der Waals surface area contributed by atoms with E-state index < -0.39 is 10.0 Å². The summed E-state index contributed by atoms with van der Waals surface area (Å²) in [5.41, 5.74) is 1.13. The molecule has 0 aliphatic heterocycles. The summed E-state index contributed by atoms with van der Waals surface area (Å²) in [6.07, 6.45) is 4.71. The fourth-order valence-electron chi connectivity index (χ4n) is 2.11. The lowest BCUT2D eigenvalue weighted by Gasteiger charge is -2.12. The van der Waals surface area contributed by atoms with E-state index in [9.17, 15) is 8.42 Å². The highest BCUT2D eigenvalue weighted by molar-refractivity contribution is 7.92. The molecule has 3 rings (SSSR count). The molecule has 0 bridgehead atoms. The predicted molar refractivity (Wildman–Crippen MR) is 79.5 cm³/mol. The van der Waals surface area contributed by atoms with Crippen LogP contribution in [0.4, 0.5) is 5.69 Å². The zero-order valence-electron chi connectivity index (χ0n) is 11.6. The molecule has 0 unspecified atom stereocenters. The molecule has 3 aromatic rings. The van der Waals surface area contributed by atoms with E-state index in [1.807, 2.05) is 19.9 Å². The minimum Gasteiger partial charge on any atom is -0.346 e. The predicted octanol–water partition coefficient (Wildman–Crippen LogP) is 2.14. The Morgan fingerprint density at radius 1 is 1.33 bits per heavy atom. The molecule has 2 N–H and O–H groups in total. The van der Waals surface area contributed by atoms with Gasteiger partial charge in [-0.05, 0) is 32.0 Å². The number of aromatic amines is 1. The van der Waals surface area contributed by atoms with Gasteiger partial charge >= 0.3 is 0 Å². The Kier molecular flexibility index (Phi) is 3.17. The maximum Gasteiger partial charge on any atom is 0.279 e. The van der Waals surface area contributed by atoms with Gasteiger partial charge in [-0.1, -0.05) is 0 Å². The summed E-state index contributed by atoms with van der Waals surface area (Å²) >= 11 is 0. The van der Waals surface area contributed by atoms with Crippen LogP contribution in [-0.4, -0.2) is 28.2 Å². The number of hydrogen-bond acceptors (Lipinski definition) is 4. The second-order valence-corrected chi connectivity index (χ2v) is 6.58. The lowest BCUT2D eigenvalue weighted by molar-refractivity contribution is 0.480. The first-order valence-electron chi connectivity index (χ1n) is 6.47. The smallest absolute Gasteiger partial charge is 0.279 e. The van der Waals surface area contributed by atoms with Crippen molar-refractivity contribution in [3.05, 3.63) is 36.8 Å². The summed E-state index contributed by atoms with van der Waals surface area (Å²) in [7, 11) is -3.70. The standard InChI is InChI=1S/C13H15N5O2S/c1-9(2)18-12(4-6-16-18)21(19,20)17-11-7-10-3-5-14-13(10)15-8-11/h3-9,17H,1-2H3,(H,14,15). The molecule has 0 aromatic carbocycles. The second kappa shape index (κ2) is 4.88. The van der Waals surface area contributed by atoms with Crippen molar-refractivity contribution in [3.8, 4) is 0 Å². The van der Waals surface area contributed by atoms with Gasteiger partial charge in [0.05, 0.1) is 18.1 Å². The third kappa shape index (κ3) is 2.49. The van der Waals surface area contributed by atoms with Crippen molar-refractivity contribution in [2.24, 2.45) is 0 Å². The molecular weight excluding hydrogens is 290 g/mol. The lowest BCUT2D eigenvalue weighted by Crippen LogP contribution is -2.19. The fraction of sp³-hybridized carbons (Fsp3) is 0.231. The average molecular weight is 305 g/mol. The van der Waals surface area contributed by atoms with E-state index in [0.29, 0.717) is 11.3 Å². The monoisotopic (exact) mass is 305 g/mol. The molecule has 0 radical (unpaired) electrons. The number of aromatic nitrogens is 4. The highest BCUT2D eigenvalue weighted by atomic mass is 32.2. The minimum atomic E-state index is -3.70. The zero-order valence-corrected chi connectivity index (χ0v) is 12.4. The summed E-state index contributed by atoms with van der Waals surface area (Å²) in [4.78, 5) is 7.12. The Morgan fingerprint density at radius 3 is 2.90 bits per heavy atom. The van der Waals surface area contributed by atoms with Gasteiger partial charge in [0, 0.05) is 17.6 Å². The van der Waals surface area contributed by atoms with Crippen molar-refractivity contribution >= 4 is 26.7 Å². The number of fused-ring (bicyclic) bond motifs is 1. The van der Waals surface area contributed by atoms with Gasteiger partial charge in [-0.15, -0.1) is 0 Å². The van der Waals surface area contributed by atoms with Crippen LogP contribution in [0.2, 0.25) is 0 Å². The molecule has 8 heteroatoms. The van der Waals surface area contributed by atoms with E-state index in [-0.39, 0.29) is 11.1 Å². The first-order valence-corrected chi connectivity index (χ1v) is 7.95. The largest absolute Gasteiger partial charge is 0.346 e. The molecule has 3 heterocycles. The number of rotatable bonds is 4. The van der Waals surface area contributed by atoms with E-state index in [1.165, 1.54) is 23.1 Å². The molecule has 3 aromatic heterocycles. The molecular formula is C13H15N5O2S. The van der Waals surface area contributed by atoms with Crippen LogP contribution in [-0.2, 0) is 10.0 Å². The van der Waals surface area contributed by atoms with Gasteiger partial charge in [-0.25, -0.2) is 9.67 Å². The molecule has 21 heavy (non-hydrogen) atoms. The molecule has 110 valence electrons. The second-order valence-electron chi connectivity index (χ2n) is 4.95. The normalized spacial score (nSPS) is 12.1.